The van der Waals surface area contributed by atoms with Crippen LogP contribution in [0.4, 0.5) is 0 Å². The molecule has 4 heteroatoms. The van der Waals surface area contributed by atoms with Gasteiger partial charge in [-0.3, -0.25) is 4.79 Å². The molecule has 0 fully saturated rings. The first-order chi connectivity index (χ1) is 7.08. The minimum atomic E-state index is -1.42. The summed E-state index contributed by atoms with van der Waals surface area (Å²) in [5.41, 5.74) is -1.42. The van der Waals surface area contributed by atoms with Gasteiger partial charge >= 0.3 is 0 Å². The first-order valence-electron chi connectivity index (χ1n) is 4.48. The van der Waals surface area contributed by atoms with E-state index in [2.05, 4.69) is 6.58 Å². The Bertz CT molecular complexity index is 314. The largest absolute Gasteiger partial charge is 0.497 e. The average Bonchev–Trinajstić information content (AvgIpc) is 2.21. The van der Waals surface area contributed by atoms with Crippen LogP contribution in [0.25, 0.3) is 0 Å². The van der Waals surface area contributed by atoms with Crippen LogP contribution in [0.1, 0.15) is 6.42 Å². The van der Waals surface area contributed by atoms with Gasteiger partial charge in [0.05, 0.1) is 14.2 Å². The van der Waals surface area contributed by atoms with Crippen LogP contribution in [0.5, 0.6) is 0 Å². The van der Waals surface area contributed by atoms with E-state index in [9.17, 15) is 9.90 Å². The van der Waals surface area contributed by atoms with Gasteiger partial charge in [-0.2, -0.15) is 0 Å². The molecule has 82 valence electrons. The van der Waals surface area contributed by atoms with E-state index in [1.165, 1.54) is 32.4 Å². The molecule has 1 aliphatic carbocycles. The summed E-state index contributed by atoms with van der Waals surface area (Å²) < 4.78 is 9.97. The maximum atomic E-state index is 11.2. The summed E-state index contributed by atoms with van der Waals surface area (Å²) in [5.74, 6) is 0.0796. The van der Waals surface area contributed by atoms with Crippen molar-refractivity contribution in [1.29, 1.82) is 0 Å². The molecule has 0 unspecified atom stereocenters. The van der Waals surface area contributed by atoms with Crippen molar-refractivity contribution in [3.63, 3.8) is 0 Å². The summed E-state index contributed by atoms with van der Waals surface area (Å²) in [4.78, 5) is 11.2. The van der Waals surface area contributed by atoms with Crippen molar-refractivity contribution >= 4 is 5.78 Å². The molecule has 4 nitrogen and oxygen atoms in total. The topological polar surface area (TPSA) is 55.8 Å². The molecule has 15 heavy (non-hydrogen) atoms. The molecule has 0 bridgehead atoms. The van der Waals surface area contributed by atoms with Crippen molar-refractivity contribution in [3.05, 3.63) is 36.3 Å². The Morgan fingerprint density at radius 2 is 1.87 bits per heavy atom. The van der Waals surface area contributed by atoms with E-state index in [1.54, 1.807) is 0 Å². The molecule has 0 aromatic carbocycles. The normalized spacial score (nSPS) is 19.0. The van der Waals surface area contributed by atoms with Crippen LogP contribution < -0.4 is 0 Å². The number of ketones is 1. The standard InChI is InChI=1S/C11H14O4/c1-4-5-11(13)9(14-2)6-8(12)7-10(11)15-3/h4,6-7,13H,1,5H2,2-3H3. The van der Waals surface area contributed by atoms with Crippen LogP contribution in [-0.4, -0.2) is 30.7 Å². The van der Waals surface area contributed by atoms with Gasteiger partial charge in [0.1, 0.15) is 11.5 Å². The first kappa shape index (κ1) is 11.5. The van der Waals surface area contributed by atoms with Crippen LogP contribution in [-0.2, 0) is 14.3 Å². The van der Waals surface area contributed by atoms with E-state index >= 15 is 0 Å². The number of hydrogen-bond donors (Lipinski definition) is 1. The summed E-state index contributed by atoms with van der Waals surface area (Å²) in [6.07, 6.45) is 4.24. The van der Waals surface area contributed by atoms with E-state index in [1.807, 2.05) is 0 Å². The lowest BCUT2D eigenvalue weighted by molar-refractivity contribution is -0.112. The molecule has 0 aliphatic heterocycles. The number of ether oxygens (including phenoxy) is 2. The fourth-order valence-corrected chi connectivity index (χ4v) is 1.53. The number of carbonyl (C=O) groups excluding carboxylic acids is 1. The van der Waals surface area contributed by atoms with Gasteiger partial charge in [0.15, 0.2) is 11.4 Å². The van der Waals surface area contributed by atoms with Crippen molar-refractivity contribution in [1.82, 2.24) is 0 Å². The molecule has 0 aromatic rings. The van der Waals surface area contributed by atoms with Crippen molar-refractivity contribution in [3.8, 4) is 0 Å². The van der Waals surface area contributed by atoms with Crippen LogP contribution in [0.15, 0.2) is 36.3 Å². The molecular formula is C11H14O4. The maximum Gasteiger partial charge on any atom is 0.185 e. The van der Waals surface area contributed by atoms with Gasteiger partial charge in [-0.1, -0.05) is 6.08 Å². The minimum Gasteiger partial charge on any atom is -0.497 e. The lowest BCUT2D eigenvalue weighted by Gasteiger charge is -2.31. The maximum absolute atomic E-state index is 11.2. The predicted molar refractivity (Wildman–Crippen MR) is 55.0 cm³/mol. The minimum absolute atomic E-state index is 0.173. The summed E-state index contributed by atoms with van der Waals surface area (Å²) in [6.45, 7) is 3.55. The molecule has 0 atom stereocenters. The van der Waals surface area contributed by atoms with Gasteiger partial charge < -0.3 is 14.6 Å². The molecule has 1 aliphatic rings. The zero-order valence-corrected chi connectivity index (χ0v) is 8.82. The number of hydrogen-bond acceptors (Lipinski definition) is 4. The van der Waals surface area contributed by atoms with Gasteiger partial charge in [0, 0.05) is 18.6 Å². The molecule has 0 spiro atoms. The number of allylic oxidation sites excluding steroid dienone is 2. The lowest BCUT2D eigenvalue weighted by Crippen LogP contribution is -2.37. The third kappa shape index (κ3) is 1.94. The van der Waals surface area contributed by atoms with Gasteiger partial charge in [-0.05, 0) is 0 Å². The molecular weight excluding hydrogens is 196 g/mol. The van der Waals surface area contributed by atoms with Crippen LogP contribution in [0, 0.1) is 0 Å². The quantitative estimate of drug-likeness (QED) is 0.701. The Balaban J connectivity index is 3.17. The highest BCUT2D eigenvalue weighted by atomic mass is 16.5. The highest BCUT2D eigenvalue weighted by Gasteiger charge is 2.40. The molecule has 1 rings (SSSR count). The van der Waals surface area contributed by atoms with Crippen molar-refractivity contribution in [2.75, 3.05) is 14.2 Å². The number of methoxy groups -OCH3 is 2. The molecule has 0 saturated heterocycles. The van der Waals surface area contributed by atoms with Crippen molar-refractivity contribution in [2.45, 2.75) is 12.0 Å². The predicted octanol–water partition coefficient (Wildman–Crippen LogP) is 0.937. The third-order valence-electron chi connectivity index (χ3n) is 2.24. The van der Waals surface area contributed by atoms with Gasteiger partial charge in [0.25, 0.3) is 0 Å². The summed E-state index contributed by atoms with van der Waals surface area (Å²) in [5, 5.41) is 10.3. The zero-order chi connectivity index (χ0) is 11.5. The van der Waals surface area contributed by atoms with E-state index < -0.39 is 5.60 Å². The molecule has 0 radical (unpaired) electrons. The molecule has 0 aromatic heterocycles. The highest BCUT2D eigenvalue weighted by Crippen LogP contribution is 2.33. The van der Waals surface area contributed by atoms with Crippen LogP contribution >= 0.6 is 0 Å². The number of aliphatic hydroxyl groups is 1. The van der Waals surface area contributed by atoms with Crippen molar-refractivity contribution in [2.24, 2.45) is 0 Å². The second-order valence-electron chi connectivity index (χ2n) is 3.18. The van der Waals surface area contributed by atoms with Gasteiger partial charge in [-0.15, -0.1) is 6.58 Å². The fraction of sp³-hybridized carbons (Fsp3) is 0.364. The lowest BCUT2D eigenvalue weighted by atomic mass is 9.89. The molecule has 1 N–H and O–H groups in total. The van der Waals surface area contributed by atoms with E-state index in [0.717, 1.165) is 0 Å². The Labute approximate surface area is 88.5 Å². The summed E-state index contributed by atoms with van der Waals surface area (Å²) in [7, 11) is 2.79. The molecule has 0 heterocycles. The summed E-state index contributed by atoms with van der Waals surface area (Å²) in [6, 6.07) is 0. The highest BCUT2D eigenvalue weighted by molar-refractivity contribution is 6.01. The van der Waals surface area contributed by atoms with E-state index in [0.29, 0.717) is 0 Å². The second kappa shape index (κ2) is 4.31. The SMILES string of the molecule is C=CCC1(O)C(OC)=CC(=O)C=C1OC. The van der Waals surface area contributed by atoms with E-state index in [-0.39, 0.29) is 23.7 Å². The van der Waals surface area contributed by atoms with Gasteiger partial charge in [-0.25, -0.2) is 0 Å². The zero-order valence-electron chi connectivity index (χ0n) is 8.82. The smallest absolute Gasteiger partial charge is 0.185 e. The molecule has 0 amide bonds. The Morgan fingerprint density at radius 1 is 1.40 bits per heavy atom. The molecule has 0 saturated carbocycles. The first-order valence-corrected chi connectivity index (χ1v) is 4.48. The third-order valence-corrected chi connectivity index (χ3v) is 2.24. The Morgan fingerprint density at radius 3 is 2.20 bits per heavy atom. The van der Waals surface area contributed by atoms with Gasteiger partial charge in [0.2, 0.25) is 0 Å². The van der Waals surface area contributed by atoms with Crippen molar-refractivity contribution < 1.29 is 19.4 Å². The Kier molecular flexibility index (Phi) is 3.31. The van der Waals surface area contributed by atoms with E-state index in [4.69, 9.17) is 9.47 Å². The second-order valence-corrected chi connectivity index (χ2v) is 3.18. The average molecular weight is 210 g/mol. The monoisotopic (exact) mass is 210 g/mol. The van der Waals surface area contributed by atoms with Crippen LogP contribution in [0.3, 0.4) is 0 Å². The summed E-state index contributed by atoms with van der Waals surface area (Å²) >= 11 is 0. The van der Waals surface area contributed by atoms with Crippen LogP contribution in [0.2, 0.25) is 0 Å². The fourth-order valence-electron chi connectivity index (χ4n) is 1.53. The number of rotatable bonds is 4. The number of carbonyl (C=O) groups is 1. The Hall–Kier alpha value is -1.55.